The summed E-state index contributed by atoms with van der Waals surface area (Å²) < 4.78 is 12.0. The molecule has 0 heterocycles. The maximum absolute atomic E-state index is 12.0. The standard InChI is InChI=1S/C10H11F/c1-4-6-7-10(5-2)9(3)8-11/h2,4,6-7H,3,8H2,1H3/b6-4-,10-7+. The average molecular weight is 150 g/mol. The summed E-state index contributed by atoms with van der Waals surface area (Å²) in [6, 6.07) is 0. The van der Waals surface area contributed by atoms with Crippen molar-refractivity contribution in [2.24, 2.45) is 0 Å². The minimum absolute atomic E-state index is 0.352. The number of hydrogen-bond donors (Lipinski definition) is 0. The highest BCUT2D eigenvalue weighted by Gasteiger charge is 1.95. The number of terminal acetylenes is 1. The first-order chi connectivity index (χ1) is 5.26. The second kappa shape index (κ2) is 5.49. The zero-order chi connectivity index (χ0) is 8.69. The molecule has 0 aliphatic rings. The molecule has 0 rings (SSSR count). The molecule has 0 saturated carbocycles. The van der Waals surface area contributed by atoms with E-state index in [2.05, 4.69) is 12.5 Å². The van der Waals surface area contributed by atoms with Crippen molar-refractivity contribution in [3.63, 3.8) is 0 Å². The van der Waals surface area contributed by atoms with Crippen LogP contribution in [0.2, 0.25) is 0 Å². The molecule has 58 valence electrons. The largest absolute Gasteiger partial charge is 0.246 e. The van der Waals surface area contributed by atoms with Crippen LogP contribution in [0.15, 0.2) is 36.0 Å². The lowest BCUT2D eigenvalue weighted by atomic mass is 10.1. The molecule has 0 N–H and O–H groups in total. The van der Waals surface area contributed by atoms with Crippen molar-refractivity contribution in [3.05, 3.63) is 36.0 Å². The van der Waals surface area contributed by atoms with E-state index in [9.17, 15) is 4.39 Å². The van der Waals surface area contributed by atoms with E-state index in [1.807, 2.05) is 13.0 Å². The fourth-order valence-corrected chi connectivity index (χ4v) is 0.532. The van der Waals surface area contributed by atoms with Gasteiger partial charge in [-0.2, -0.15) is 0 Å². The van der Waals surface area contributed by atoms with E-state index < -0.39 is 6.67 Å². The van der Waals surface area contributed by atoms with Crippen molar-refractivity contribution < 1.29 is 4.39 Å². The highest BCUT2D eigenvalue weighted by Crippen LogP contribution is 2.06. The van der Waals surface area contributed by atoms with E-state index in [1.54, 1.807) is 12.2 Å². The van der Waals surface area contributed by atoms with Gasteiger partial charge in [-0.15, -0.1) is 6.42 Å². The Balaban J connectivity index is 4.43. The molecule has 0 spiro atoms. The van der Waals surface area contributed by atoms with Gasteiger partial charge in [0.05, 0.1) is 0 Å². The molecule has 0 aromatic carbocycles. The van der Waals surface area contributed by atoms with Crippen molar-refractivity contribution in [2.75, 3.05) is 6.67 Å². The van der Waals surface area contributed by atoms with Crippen LogP contribution in [0.5, 0.6) is 0 Å². The van der Waals surface area contributed by atoms with Gasteiger partial charge in [-0.1, -0.05) is 24.7 Å². The quantitative estimate of drug-likeness (QED) is 0.428. The lowest BCUT2D eigenvalue weighted by molar-refractivity contribution is 0.549. The molecule has 0 radical (unpaired) electrons. The molecule has 0 unspecified atom stereocenters. The highest BCUT2D eigenvalue weighted by atomic mass is 19.1. The summed E-state index contributed by atoms with van der Waals surface area (Å²) in [6.45, 7) is 4.75. The second-order valence-corrected chi connectivity index (χ2v) is 1.99. The third-order valence-corrected chi connectivity index (χ3v) is 1.15. The fraction of sp³-hybridized carbons (Fsp3) is 0.200. The highest BCUT2D eigenvalue weighted by molar-refractivity contribution is 5.44. The van der Waals surface area contributed by atoms with Crippen LogP contribution in [-0.4, -0.2) is 6.67 Å². The molecular weight excluding hydrogens is 139 g/mol. The second-order valence-electron chi connectivity index (χ2n) is 1.99. The summed E-state index contributed by atoms with van der Waals surface area (Å²) in [5.41, 5.74) is 0.871. The Bertz CT molecular complexity index is 226. The van der Waals surface area contributed by atoms with Crippen LogP contribution in [0, 0.1) is 12.3 Å². The maximum atomic E-state index is 12.0. The van der Waals surface area contributed by atoms with E-state index in [1.165, 1.54) is 0 Å². The first kappa shape index (κ1) is 9.71. The zero-order valence-electron chi connectivity index (χ0n) is 6.60. The summed E-state index contributed by atoms with van der Waals surface area (Å²) in [5.74, 6) is 2.36. The summed E-state index contributed by atoms with van der Waals surface area (Å²) >= 11 is 0. The molecule has 0 aliphatic heterocycles. The topological polar surface area (TPSA) is 0 Å². The number of halogens is 1. The Morgan fingerprint density at radius 3 is 2.73 bits per heavy atom. The lowest BCUT2D eigenvalue weighted by Crippen LogP contribution is -1.86. The monoisotopic (exact) mass is 150 g/mol. The summed E-state index contributed by atoms with van der Waals surface area (Å²) in [7, 11) is 0. The normalized spacial score (nSPS) is 11.5. The van der Waals surface area contributed by atoms with Crippen LogP contribution < -0.4 is 0 Å². The third kappa shape index (κ3) is 3.42. The fourth-order valence-electron chi connectivity index (χ4n) is 0.532. The van der Waals surface area contributed by atoms with Crippen molar-refractivity contribution in [1.82, 2.24) is 0 Å². The van der Waals surface area contributed by atoms with Gasteiger partial charge in [-0.05, 0) is 18.6 Å². The van der Waals surface area contributed by atoms with E-state index in [4.69, 9.17) is 6.42 Å². The molecule has 0 aromatic heterocycles. The van der Waals surface area contributed by atoms with E-state index >= 15 is 0 Å². The van der Waals surface area contributed by atoms with Gasteiger partial charge in [-0.25, -0.2) is 4.39 Å². The van der Waals surface area contributed by atoms with Crippen LogP contribution in [0.4, 0.5) is 4.39 Å². The minimum atomic E-state index is -0.590. The van der Waals surface area contributed by atoms with Crippen LogP contribution >= 0.6 is 0 Å². The SMILES string of the molecule is C#C/C(=C\C=C/C)C(=C)CF. The molecule has 0 fully saturated rings. The van der Waals surface area contributed by atoms with Gasteiger partial charge in [-0.3, -0.25) is 0 Å². The summed E-state index contributed by atoms with van der Waals surface area (Å²) in [6.07, 6.45) is 10.4. The average Bonchev–Trinajstić information content (AvgIpc) is 2.05. The van der Waals surface area contributed by atoms with Gasteiger partial charge in [0.15, 0.2) is 0 Å². The predicted molar refractivity (Wildman–Crippen MR) is 46.8 cm³/mol. The van der Waals surface area contributed by atoms with Crippen molar-refractivity contribution in [2.45, 2.75) is 6.92 Å². The van der Waals surface area contributed by atoms with Crippen LogP contribution in [-0.2, 0) is 0 Å². The molecule has 0 aromatic rings. The maximum Gasteiger partial charge on any atom is 0.115 e. The number of allylic oxidation sites excluding steroid dienone is 5. The van der Waals surface area contributed by atoms with Crippen molar-refractivity contribution in [3.8, 4) is 12.3 Å². The van der Waals surface area contributed by atoms with E-state index in [-0.39, 0.29) is 0 Å². The predicted octanol–water partition coefficient (Wildman–Crippen LogP) is 2.65. The summed E-state index contributed by atoms with van der Waals surface area (Å²) in [5, 5.41) is 0. The summed E-state index contributed by atoms with van der Waals surface area (Å²) in [4.78, 5) is 0. The van der Waals surface area contributed by atoms with Crippen LogP contribution in [0.1, 0.15) is 6.92 Å². The van der Waals surface area contributed by atoms with E-state index in [0.29, 0.717) is 11.1 Å². The van der Waals surface area contributed by atoms with E-state index in [0.717, 1.165) is 0 Å². The molecule has 0 atom stereocenters. The van der Waals surface area contributed by atoms with Crippen LogP contribution in [0.25, 0.3) is 0 Å². The third-order valence-electron chi connectivity index (χ3n) is 1.15. The first-order valence-electron chi connectivity index (χ1n) is 3.30. The molecule has 0 nitrogen and oxygen atoms in total. The van der Waals surface area contributed by atoms with Gasteiger partial charge in [0.2, 0.25) is 0 Å². The smallest absolute Gasteiger partial charge is 0.115 e. The Hall–Kier alpha value is -1.29. The van der Waals surface area contributed by atoms with Gasteiger partial charge in [0.25, 0.3) is 0 Å². The van der Waals surface area contributed by atoms with Crippen molar-refractivity contribution in [1.29, 1.82) is 0 Å². The van der Waals surface area contributed by atoms with Gasteiger partial charge >= 0.3 is 0 Å². The van der Waals surface area contributed by atoms with Gasteiger partial charge in [0.1, 0.15) is 6.67 Å². The van der Waals surface area contributed by atoms with Crippen LogP contribution in [0.3, 0.4) is 0 Å². The number of rotatable bonds is 3. The molecular formula is C10H11F. The molecule has 1 heteroatoms. The molecule has 0 saturated heterocycles. The van der Waals surface area contributed by atoms with Gasteiger partial charge in [0, 0.05) is 5.57 Å². The Morgan fingerprint density at radius 2 is 2.36 bits per heavy atom. The lowest BCUT2D eigenvalue weighted by Gasteiger charge is -1.95. The number of alkyl halides is 1. The van der Waals surface area contributed by atoms with Gasteiger partial charge < -0.3 is 0 Å². The Labute approximate surface area is 67.1 Å². The minimum Gasteiger partial charge on any atom is -0.246 e. The molecule has 0 bridgehead atoms. The molecule has 0 aliphatic carbocycles. The molecule has 0 amide bonds. The zero-order valence-corrected chi connectivity index (χ0v) is 6.60. The van der Waals surface area contributed by atoms with Crippen molar-refractivity contribution >= 4 is 0 Å². The Morgan fingerprint density at radius 1 is 1.73 bits per heavy atom. The molecule has 11 heavy (non-hydrogen) atoms. The first-order valence-corrected chi connectivity index (χ1v) is 3.30. The number of hydrogen-bond acceptors (Lipinski definition) is 0. The Kier molecular flexibility index (Phi) is 4.85.